The average Bonchev–Trinajstić information content (AvgIpc) is 2.95. The number of ether oxygens (including phenoxy) is 1. The lowest BCUT2D eigenvalue weighted by Gasteiger charge is -2.20. The minimum Gasteiger partial charge on any atom is -0.491 e. The Morgan fingerprint density at radius 1 is 1.07 bits per heavy atom. The zero-order valence-corrected chi connectivity index (χ0v) is 17.3. The second kappa shape index (κ2) is 9.09. The van der Waals surface area contributed by atoms with Crippen molar-refractivity contribution in [3.63, 3.8) is 0 Å². The monoisotopic (exact) mass is 412 g/mol. The van der Waals surface area contributed by atoms with Gasteiger partial charge < -0.3 is 14.7 Å². The van der Waals surface area contributed by atoms with Gasteiger partial charge in [-0.15, -0.1) is 0 Å². The molecule has 30 heavy (non-hydrogen) atoms. The van der Waals surface area contributed by atoms with Crippen LogP contribution < -0.4 is 4.74 Å². The summed E-state index contributed by atoms with van der Waals surface area (Å²) in [6.45, 7) is 3.66. The number of hydrogen-bond donors (Lipinski definition) is 1. The molecule has 1 heterocycles. The summed E-state index contributed by atoms with van der Waals surface area (Å²) in [4.78, 5) is 28.9. The Labute approximate surface area is 175 Å². The van der Waals surface area contributed by atoms with Gasteiger partial charge in [-0.05, 0) is 37.6 Å². The Bertz CT molecular complexity index is 969. The molecule has 2 aromatic rings. The van der Waals surface area contributed by atoms with Crippen molar-refractivity contribution in [1.82, 2.24) is 9.80 Å². The van der Waals surface area contributed by atoms with Crippen molar-refractivity contribution in [2.24, 2.45) is 0 Å². The molecule has 1 N–H and O–H groups in total. The SMILES string of the molecule is CC(C)Oc1ccc(C2=C(N(C)CCO)C(=O)N(Cc3ccccc3F)C2=O)cc1. The van der Waals surface area contributed by atoms with Gasteiger partial charge in [0, 0.05) is 19.2 Å². The summed E-state index contributed by atoms with van der Waals surface area (Å²) >= 11 is 0. The third-order valence-corrected chi connectivity index (χ3v) is 4.76. The fraction of sp³-hybridized carbons (Fsp3) is 0.304. The number of nitrogens with zero attached hydrogens (tertiary/aromatic N) is 2. The standard InChI is InChI=1S/C23H25FN2O4/c1-15(2)30-18-10-8-16(9-11-18)20-21(25(3)12-13-27)23(29)26(22(20)28)14-17-6-4-5-7-19(17)24/h4-11,15,27H,12-14H2,1-3H3. The molecule has 2 aromatic carbocycles. The first-order valence-corrected chi connectivity index (χ1v) is 9.76. The van der Waals surface area contributed by atoms with E-state index in [0.717, 1.165) is 4.90 Å². The van der Waals surface area contributed by atoms with E-state index in [-0.39, 0.29) is 42.6 Å². The Hall–Kier alpha value is -3.19. The predicted octanol–water partition coefficient (Wildman–Crippen LogP) is 2.82. The summed E-state index contributed by atoms with van der Waals surface area (Å²) in [6, 6.07) is 13.0. The molecule has 0 radical (unpaired) electrons. The Balaban J connectivity index is 1.99. The van der Waals surface area contributed by atoms with E-state index in [4.69, 9.17) is 4.74 Å². The van der Waals surface area contributed by atoms with Crippen molar-refractivity contribution >= 4 is 17.4 Å². The molecule has 0 saturated carbocycles. The summed E-state index contributed by atoms with van der Waals surface area (Å²) < 4.78 is 19.8. The number of benzene rings is 2. The predicted molar refractivity (Wildman–Crippen MR) is 111 cm³/mol. The highest BCUT2D eigenvalue weighted by Crippen LogP contribution is 2.33. The Morgan fingerprint density at radius 2 is 1.73 bits per heavy atom. The summed E-state index contributed by atoms with van der Waals surface area (Å²) in [6.07, 6.45) is 0.00673. The number of likely N-dealkylation sites (N-methyl/N-ethyl adjacent to an activating group) is 1. The quantitative estimate of drug-likeness (QED) is 0.676. The average molecular weight is 412 g/mol. The van der Waals surface area contributed by atoms with Crippen molar-refractivity contribution in [3.8, 4) is 5.75 Å². The van der Waals surface area contributed by atoms with Gasteiger partial charge in [-0.3, -0.25) is 14.5 Å². The molecule has 1 aliphatic heterocycles. The number of amides is 2. The molecular formula is C23H25FN2O4. The minimum absolute atomic E-state index is 0.00673. The third-order valence-electron chi connectivity index (χ3n) is 4.76. The summed E-state index contributed by atoms with van der Waals surface area (Å²) in [5, 5.41) is 9.32. The van der Waals surface area contributed by atoms with E-state index in [0.29, 0.717) is 11.3 Å². The highest BCUT2D eigenvalue weighted by atomic mass is 19.1. The normalized spacial score (nSPS) is 14.1. The Morgan fingerprint density at radius 3 is 2.33 bits per heavy atom. The molecule has 0 atom stereocenters. The smallest absolute Gasteiger partial charge is 0.278 e. The van der Waals surface area contributed by atoms with Gasteiger partial charge in [0.2, 0.25) is 0 Å². The molecule has 0 aliphatic carbocycles. The molecule has 158 valence electrons. The molecule has 7 heteroatoms. The van der Waals surface area contributed by atoms with Crippen LogP contribution in [0.1, 0.15) is 25.0 Å². The van der Waals surface area contributed by atoms with Crippen LogP contribution in [-0.2, 0) is 16.1 Å². The molecule has 0 spiro atoms. The van der Waals surface area contributed by atoms with Crippen LogP contribution in [0.25, 0.3) is 5.57 Å². The number of aliphatic hydroxyl groups is 1. The summed E-state index contributed by atoms with van der Waals surface area (Å²) in [5.74, 6) is -0.844. The number of carbonyl (C=O) groups is 2. The number of rotatable bonds is 8. The van der Waals surface area contributed by atoms with Gasteiger partial charge in [-0.25, -0.2) is 4.39 Å². The third kappa shape index (κ3) is 4.36. The lowest BCUT2D eigenvalue weighted by molar-refractivity contribution is -0.138. The lowest BCUT2D eigenvalue weighted by atomic mass is 10.0. The van der Waals surface area contributed by atoms with Crippen molar-refractivity contribution in [3.05, 3.63) is 71.2 Å². The van der Waals surface area contributed by atoms with Crippen LogP contribution in [0.4, 0.5) is 4.39 Å². The highest BCUT2D eigenvalue weighted by molar-refractivity contribution is 6.35. The highest BCUT2D eigenvalue weighted by Gasteiger charge is 2.40. The van der Waals surface area contributed by atoms with Crippen molar-refractivity contribution < 1.29 is 23.8 Å². The van der Waals surface area contributed by atoms with Gasteiger partial charge in [0.15, 0.2) is 0 Å². The van der Waals surface area contributed by atoms with Gasteiger partial charge in [0.1, 0.15) is 17.3 Å². The molecule has 0 unspecified atom stereocenters. The number of imide groups is 1. The molecule has 0 fully saturated rings. The number of hydrogen-bond acceptors (Lipinski definition) is 5. The second-order valence-electron chi connectivity index (χ2n) is 7.35. The number of halogens is 1. The maximum Gasteiger partial charge on any atom is 0.278 e. The molecule has 0 aromatic heterocycles. The van der Waals surface area contributed by atoms with E-state index >= 15 is 0 Å². The molecule has 0 bridgehead atoms. The van der Waals surface area contributed by atoms with Crippen LogP contribution in [0.15, 0.2) is 54.2 Å². The lowest BCUT2D eigenvalue weighted by Crippen LogP contribution is -2.34. The van der Waals surface area contributed by atoms with Crippen molar-refractivity contribution in [2.75, 3.05) is 20.2 Å². The van der Waals surface area contributed by atoms with E-state index in [1.54, 1.807) is 54.4 Å². The maximum absolute atomic E-state index is 14.1. The van der Waals surface area contributed by atoms with Gasteiger partial charge in [-0.2, -0.15) is 0 Å². The zero-order valence-electron chi connectivity index (χ0n) is 17.3. The Kier molecular flexibility index (Phi) is 6.52. The van der Waals surface area contributed by atoms with Crippen molar-refractivity contribution in [2.45, 2.75) is 26.5 Å². The molecular weight excluding hydrogens is 387 g/mol. The summed E-state index contributed by atoms with van der Waals surface area (Å²) in [5.41, 5.74) is 1.22. The van der Waals surface area contributed by atoms with E-state index in [2.05, 4.69) is 0 Å². The topological polar surface area (TPSA) is 70.1 Å². The van der Waals surface area contributed by atoms with Gasteiger partial charge >= 0.3 is 0 Å². The van der Waals surface area contributed by atoms with Crippen LogP contribution in [0.5, 0.6) is 5.75 Å². The van der Waals surface area contributed by atoms with Crippen LogP contribution in [0, 0.1) is 5.82 Å². The van der Waals surface area contributed by atoms with E-state index < -0.39 is 17.6 Å². The van der Waals surface area contributed by atoms with Gasteiger partial charge in [0.25, 0.3) is 11.8 Å². The van der Waals surface area contributed by atoms with E-state index in [1.807, 2.05) is 13.8 Å². The van der Waals surface area contributed by atoms with E-state index in [1.165, 1.54) is 6.07 Å². The first-order chi connectivity index (χ1) is 14.3. The number of carbonyl (C=O) groups excluding carboxylic acids is 2. The van der Waals surface area contributed by atoms with E-state index in [9.17, 15) is 19.1 Å². The second-order valence-corrected chi connectivity index (χ2v) is 7.35. The maximum atomic E-state index is 14.1. The first kappa shape index (κ1) is 21.5. The van der Waals surface area contributed by atoms with Crippen LogP contribution in [0.3, 0.4) is 0 Å². The zero-order chi connectivity index (χ0) is 21.8. The first-order valence-electron chi connectivity index (χ1n) is 9.76. The molecule has 3 rings (SSSR count). The fourth-order valence-corrected chi connectivity index (χ4v) is 3.35. The molecule has 0 saturated heterocycles. The fourth-order valence-electron chi connectivity index (χ4n) is 3.35. The largest absolute Gasteiger partial charge is 0.491 e. The molecule has 2 amide bonds. The van der Waals surface area contributed by atoms with Gasteiger partial charge in [0.05, 0.1) is 24.8 Å². The molecule has 1 aliphatic rings. The van der Waals surface area contributed by atoms with Crippen LogP contribution in [-0.4, -0.2) is 53.0 Å². The number of aliphatic hydroxyl groups excluding tert-OH is 1. The summed E-state index contributed by atoms with van der Waals surface area (Å²) in [7, 11) is 1.64. The van der Waals surface area contributed by atoms with Crippen molar-refractivity contribution in [1.29, 1.82) is 0 Å². The van der Waals surface area contributed by atoms with Crippen LogP contribution in [0.2, 0.25) is 0 Å². The van der Waals surface area contributed by atoms with Crippen LogP contribution >= 0.6 is 0 Å². The molecule has 6 nitrogen and oxygen atoms in total. The van der Waals surface area contributed by atoms with Gasteiger partial charge in [-0.1, -0.05) is 30.3 Å². The minimum atomic E-state index is -0.517.